The number of rotatable bonds is 57. The second-order valence-corrected chi connectivity index (χ2v) is 20.8. The van der Waals surface area contributed by atoms with Gasteiger partial charge in [-0.05, 0) is 89.9 Å². The number of carbonyl (C=O) groups excluding carboxylic acids is 2. The zero-order chi connectivity index (χ0) is 52.0. The van der Waals surface area contributed by atoms with E-state index in [0.29, 0.717) is 12.8 Å². The van der Waals surface area contributed by atoms with Gasteiger partial charge in [0, 0.05) is 12.8 Å². The first-order valence-corrected chi connectivity index (χ1v) is 31.1. The van der Waals surface area contributed by atoms with Gasteiger partial charge >= 0.3 is 11.9 Å². The minimum Gasteiger partial charge on any atom is -0.462 e. The molecule has 72 heavy (non-hydrogen) atoms. The predicted octanol–water partition coefficient (Wildman–Crippen LogP) is 21.3. The van der Waals surface area contributed by atoms with Gasteiger partial charge in [-0.15, -0.1) is 0 Å². The number of allylic oxidation sites excluding steroid dienone is 14. The van der Waals surface area contributed by atoms with Crippen LogP contribution < -0.4 is 0 Å². The van der Waals surface area contributed by atoms with Crippen molar-refractivity contribution in [1.82, 2.24) is 0 Å². The van der Waals surface area contributed by atoms with Gasteiger partial charge in [0.05, 0.1) is 6.61 Å². The molecule has 0 saturated heterocycles. The van der Waals surface area contributed by atoms with E-state index in [9.17, 15) is 14.7 Å². The maximum atomic E-state index is 12.3. The van der Waals surface area contributed by atoms with E-state index >= 15 is 0 Å². The minimum absolute atomic E-state index is 0.0733. The Morgan fingerprint density at radius 1 is 0.333 bits per heavy atom. The fraction of sp³-hybridized carbons (Fsp3) is 0.761. The van der Waals surface area contributed by atoms with Crippen LogP contribution in [-0.4, -0.2) is 36.4 Å². The van der Waals surface area contributed by atoms with Crippen molar-refractivity contribution in [2.45, 2.75) is 315 Å². The maximum absolute atomic E-state index is 12.3. The van der Waals surface area contributed by atoms with Crippen LogP contribution in [0, 0.1) is 0 Å². The number of hydrogen-bond donors (Lipinski definition) is 1. The van der Waals surface area contributed by atoms with Gasteiger partial charge in [0.15, 0.2) is 6.10 Å². The number of unbranched alkanes of at least 4 members (excludes halogenated alkanes) is 35. The number of ether oxygens (including phenoxy) is 2. The van der Waals surface area contributed by atoms with E-state index in [0.717, 1.165) is 83.5 Å². The Labute approximate surface area is 447 Å². The van der Waals surface area contributed by atoms with E-state index in [2.05, 4.69) is 98.9 Å². The average molecular weight is 1000 g/mol. The highest BCUT2D eigenvalue weighted by atomic mass is 16.6. The maximum Gasteiger partial charge on any atom is 0.306 e. The molecule has 0 rings (SSSR count). The van der Waals surface area contributed by atoms with Crippen LogP contribution in [0.1, 0.15) is 309 Å². The largest absolute Gasteiger partial charge is 0.462 e. The monoisotopic (exact) mass is 1000 g/mol. The standard InChI is InChI=1S/C67H118O5/c1-3-5-7-9-11-13-15-17-19-21-23-25-27-29-30-31-32-33-34-35-36-38-39-41-43-45-47-49-51-53-55-57-59-61-66(69)71-64-65(63-68)72-67(70)62-60-58-56-54-52-50-48-46-44-42-40-37-28-26-24-22-20-18-16-14-12-10-8-6-4-2/h6,8,12,14,18,20-21,23-24,26,37,40,44,46,65,68H,3-5,7,9-11,13,15-17,19,22,25,27-36,38-39,41-43,45,47-64H2,1-2H3/b8-6-,14-12-,20-18-,23-21-,26-24-,40-37-,46-44-. The Morgan fingerprint density at radius 3 is 0.917 bits per heavy atom. The number of hydrogen-bond acceptors (Lipinski definition) is 5. The van der Waals surface area contributed by atoms with Crippen molar-refractivity contribution >= 4 is 11.9 Å². The van der Waals surface area contributed by atoms with Crippen LogP contribution in [0.5, 0.6) is 0 Å². The Balaban J connectivity index is 3.47. The Kier molecular flexibility index (Phi) is 59.8. The van der Waals surface area contributed by atoms with E-state index in [-0.39, 0.29) is 25.2 Å². The summed E-state index contributed by atoms with van der Waals surface area (Å²) in [5, 5.41) is 9.67. The smallest absolute Gasteiger partial charge is 0.306 e. The molecule has 0 amide bonds. The SMILES string of the molecule is CC/C=C\C/C=C\C/C=C\C/C=C\C/C=C\C/C=C\CCCCCCCCC(=O)OC(CO)COC(=O)CCCCCCCCCCCCCCCCCCCCCCC/C=C\CCCCCCCCCC. The van der Waals surface area contributed by atoms with E-state index in [1.807, 2.05) is 0 Å². The van der Waals surface area contributed by atoms with E-state index in [4.69, 9.17) is 9.47 Å². The summed E-state index contributed by atoms with van der Waals surface area (Å²) in [5.74, 6) is -0.600. The molecule has 0 saturated carbocycles. The van der Waals surface area contributed by atoms with Crippen LogP contribution in [-0.2, 0) is 19.1 Å². The Morgan fingerprint density at radius 2 is 0.597 bits per heavy atom. The van der Waals surface area contributed by atoms with Gasteiger partial charge in [0.1, 0.15) is 6.61 Å². The molecule has 0 heterocycles. The molecule has 0 aromatic carbocycles. The van der Waals surface area contributed by atoms with Gasteiger partial charge in [0.25, 0.3) is 0 Å². The highest BCUT2D eigenvalue weighted by molar-refractivity contribution is 5.70. The topological polar surface area (TPSA) is 72.8 Å². The molecule has 0 bridgehead atoms. The summed E-state index contributed by atoms with van der Waals surface area (Å²) in [5.41, 5.74) is 0. The molecule has 0 aliphatic carbocycles. The lowest BCUT2D eigenvalue weighted by molar-refractivity contribution is -0.161. The average Bonchev–Trinajstić information content (AvgIpc) is 3.38. The summed E-state index contributed by atoms with van der Waals surface area (Å²) >= 11 is 0. The third-order valence-corrected chi connectivity index (χ3v) is 13.7. The fourth-order valence-corrected chi connectivity index (χ4v) is 9.03. The van der Waals surface area contributed by atoms with Crippen molar-refractivity contribution < 1.29 is 24.2 Å². The van der Waals surface area contributed by atoms with Gasteiger partial charge in [-0.3, -0.25) is 9.59 Å². The van der Waals surface area contributed by atoms with Crippen LogP contribution in [0.25, 0.3) is 0 Å². The molecule has 0 aromatic rings. The predicted molar refractivity (Wildman–Crippen MR) is 316 cm³/mol. The molecular weight excluding hydrogens is 885 g/mol. The zero-order valence-electron chi connectivity index (χ0n) is 47.7. The first-order chi connectivity index (χ1) is 35.6. The van der Waals surface area contributed by atoms with Crippen molar-refractivity contribution in [3.05, 3.63) is 85.1 Å². The van der Waals surface area contributed by atoms with Gasteiger partial charge in [-0.2, -0.15) is 0 Å². The summed E-state index contributed by atoms with van der Waals surface area (Å²) in [6.07, 6.45) is 87.3. The highest BCUT2D eigenvalue weighted by Gasteiger charge is 2.16. The van der Waals surface area contributed by atoms with Gasteiger partial charge in [-0.25, -0.2) is 0 Å². The van der Waals surface area contributed by atoms with Crippen LogP contribution in [0.2, 0.25) is 0 Å². The second-order valence-electron chi connectivity index (χ2n) is 20.8. The third kappa shape index (κ3) is 59.6. The third-order valence-electron chi connectivity index (χ3n) is 13.7. The molecule has 1 N–H and O–H groups in total. The molecule has 5 heteroatoms. The highest BCUT2D eigenvalue weighted by Crippen LogP contribution is 2.17. The Bertz CT molecular complexity index is 1320. The number of aliphatic hydroxyl groups is 1. The normalized spacial score (nSPS) is 12.8. The first kappa shape index (κ1) is 69.1. The molecule has 5 nitrogen and oxygen atoms in total. The number of esters is 2. The van der Waals surface area contributed by atoms with Crippen molar-refractivity contribution in [1.29, 1.82) is 0 Å². The molecule has 1 atom stereocenters. The zero-order valence-corrected chi connectivity index (χ0v) is 47.7. The quantitative estimate of drug-likeness (QED) is 0.0373. The molecule has 416 valence electrons. The number of carbonyl (C=O) groups is 2. The molecule has 0 aliphatic heterocycles. The summed E-state index contributed by atoms with van der Waals surface area (Å²) in [6.45, 7) is 4.04. The summed E-state index contributed by atoms with van der Waals surface area (Å²) in [4.78, 5) is 24.6. The molecule has 0 radical (unpaired) electrons. The van der Waals surface area contributed by atoms with Gasteiger partial charge in [-0.1, -0.05) is 292 Å². The van der Waals surface area contributed by atoms with E-state index in [1.54, 1.807) is 0 Å². The van der Waals surface area contributed by atoms with Crippen LogP contribution >= 0.6 is 0 Å². The lowest BCUT2D eigenvalue weighted by Crippen LogP contribution is -2.28. The molecular formula is C67H118O5. The molecule has 0 aliphatic rings. The van der Waals surface area contributed by atoms with Crippen molar-refractivity contribution in [3.8, 4) is 0 Å². The first-order valence-electron chi connectivity index (χ1n) is 31.1. The molecule has 0 fully saturated rings. The Hall–Kier alpha value is -2.92. The van der Waals surface area contributed by atoms with E-state index in [1.165, 1.54) is 199 Å². The molecule has 1 unspecified atom stereocenters. The summed E-state index contributed by atoms with van der Waals surface area (Å²) in [6, 6.07) is 0. The van der Waals surface area contributed by atoms with E-state index < -0.39 is 6.10 Å². The summed E-state index contributed by atoms with van der Waals surface area (Å²) < 4.78 is 10.7. The summed E-state index contributed by atoms with van der Waals surface area (Å²) in [7, 11) is 0. The minimum atomic E-state index is -0.785. The van der Waals surface area contributed by atoms with Gasteiger partial charge < -0.3 is 14.6 Å². The number of aliphatic hydroxyl groups excluding tert-OH is 1. The lowest BCUT2D eigenvalue weighted by atomic mass is 10.0. The molecule has 0 spiro atoms. The van der Waals surface area contributed by atoms with Crippen LogP contribution in [0.15, 0.2) is 85.1 Å². The van der Waals surface area contributed by atoms with Crippen molar-refractivity contribution in [2.75, 3.05) is 13.2 Å². The van der Waals surface area contributed by atoms with Crippen LogP contribution in [0.3, 0.4) is 0 Å². The fourth-order valence-electron chi connectivity index (χ4n) is 9.03. The van der Waals surface area contributed by atoms with Crippen molar-refractivity contribution in [3.63, 3.8) is 0 Å². The van der Waals surface area contributed by atoms with Crippen LogP contribution in [0.4, 0.5) is 0 Å². The van der Waals surface area contributed by atoms with Gasteiger partial charge in [0.2, 0.25) is 0 Å². The van der Waals surface area contributed by atoms with Crippen molar-refractivity contribution in [2.24, 2.45) is 0 Å². The molecule has 0 aromatic heterocycles. The lowest BCUT2D eigenvalue weighted by Gasteiger charge is -2.15. The second kappa shape index (κ2) is 62.4.